The van der Waals surface area contributed by atoms with Gasteiger partial charge in [-0.3, -0.25) is 0 Å². The molecule has 0 saturated carbocycles. The van der Waals surface area contributed by atoms with Crippen LogP contribution in [0.5, 0.6) is 11.5 Å². The summed E-state index contributed by atoms with van der Waals surface area (Å²) in [7, 11) is 1.74. The number of hydrogen-bond acceptors (Lipinski definition) is 2. The van der Waals surface area contributed by atoms with Gasteiger partial charge in [0, 0.05) is 17.0 Å². The molecule has 0 amide bonds. The van der Waals surface area contributed by atoms with Crippen molar-refractivity contribution in [1.82, 2.24) is 0 Å². The highest BCUT2D eigenvalue weighted by Crippen LogP contribution is 2.35. The van der Waals surface area contributed by atoms with Crippen LogP contribution in [0.3, 0.4) is 0 Å². The lowest BCUT2D eigenvalue weighted by molar-refractivity contribution is 0.275. The second kappa shape index (κ2) is 20.9. The zero-order valence-corrected chi connectivity index (χ0v) is 34.4. The molecule has 0 bridgehead atoms. The van der Waals surface area contributed by atoms with E-state index in [-0.39, 0.29) is 5.92 Å². The quantitative estimate of drug-likeness (QED) is 0.0643. The standard InChI is InChI=1S/C55H58O2/c1-41(2)13-12-14-42(3)37-38-57-54-40-51(53(56-5)39-52(54)36-27-45-17-10-7-11-18-45)35-28-47-25-33-50(34-26-47)55(48-29-19-43(4)20-30-48)49-31-23-46(24-32-49)22-21-44-15-8-6-9-16-44/h6-11,15-36,39-42,55H,12-14,37-38H2,1-5H3. The molecule has 0 aromatic heterocycles. The number of aryl methyl sites for hydroxylation is 1. The fourth-order valence-corrected chi connectivity index (χ4v) is 7.17. The van der Waals surface area contributed by atoms with Crippen molar-refractivity contribution in [3.05, 3.63) is 201 Å². The average molecular weight is 751 g/mol. The van der Waals surface area contributed by atoms with E-state index in [1.54, 1.807) is 7.11 Å². The molecule has 0 fully saturated rings. The van der Waals surface area contributed by atoms with Crippen molar-refractivity contribution in [2.45, 2.75) is 59.3 Å². The third kappa shape index (κ3) is 12.3. The average Bonchev–Trinajstić information content (AvgIpc) is 3.24. The van der Waals surface area contributed by atoms with Crippen LogP contribution in [0.25, 0.3) is 36.5 Å². The molecule has 2 unspecified atom stereocenters. The summed E-state index contributed by atoms with van der Waals surface area (Å²) < 4.78 is 12.5. The normalized spacial score (nSPS) is 12.8. The molecule has 6 aromatic rings. The molecule has 0 N–H and O–H groups in total. The second-order valence-corrected chi connectivity index (χ2v) is 15.7. The van der Waals surface area contributed by atoms with Gasteiger partial charge in [-0.2, -0.15) is 0 Å². The topological polar surface area (TPSA) is 18.5 Å². The van der Waals surface area contributed by atoms with E-state index >= 15 is 0 Å². The summed E-state index contributed by atoms with van der Waals surface area (Å²) in [5, 5.41) is 0. The molecular formula is C55H58O2. The Morgan fingerprint density at radius 3 is 1.40 bits per heavy atom. The minimum atomic E-state index is 0.116. The van der Waals surface area contributed by atoms with E-state index in [2.05, 4.69) is 198 Å². The number of ether oxygens (including phenoxy) is 2. The molecule has 0 heterocycles. The Hall–Kier alpha value is -5.86. The Bertz CT molecular complexity index is 2190. The predicted octanol–water partition coefficient (Wildman–Crippen LogP) is 14.9. The molecule has 2 nitrogen and oxygen atoms in total. The molecule has 2 atom stereocenters. The highest BCUT2D eigenvalue weighted by atomic mass is 16.5. The molecule has 57 heavy (non-hydrogen) atoms. The van der Waals surface area contributed by atoms with Gasteiger partial charge in [0.2, 0.25) is 0 Å². The van der Waals surface area contributed by atoms with Crippen molar-refractivity contribution in [2.75, 3.05) is 13.7 Å². The summed E-state index contributed by atoms with van der Waals surface area (Å²) in [6, 6.07) is 51.9. The maximum atomic E-state index is 6.55. The van der Waals surface area contributed by atoms with E-state index in [1.165, 1.54) is 52.6 Å². The zero-order valence-electron chi connectivity index (χ0n) is 34.4. The molecule has 6 aromatic carbocycles. The van der Waals surface area contributed by atoms with Crippen LogP contribution in [-0.2, 0) is 0 Å². The van der Waals surface area contributed by atoms with Crippen LogP contribution in [0, 0.1) is 18.8 Å². The lowest BCUT2D eigenvalue weighted by atomic mass is 9.84. The van der Waals surface area contributed by atoms with Crippen LogP contribution < -0.4 is 9.47 Å². The minimum absolute atomic E-state index is 0.116. The van der Waals surface area contributed by atoms with E-state index in [1.807, 2.05) is 12.1 Å². The van der Waals surface area contributed by atoms with Gasteiger partial charge in [0.1, 0.15) is 11.5 Å². The molecule has 2 heteroatoms. The second-order valence-electron chi connectivity index (χ2n) is 15.7. The smallest absolute Gasteiger partial charge is 0.127 e. The van der Waals surface area contributed by atoms with Crippen molar-refractivity contribution in [3.8, 4) is 11.5 Å². The summed E-state index contributed by atoms with van der Waals surface area (Å²) in [4.78, 5) is 0. The molecule has 0 aliphatic rings. The van der Waals surface area contributed by atoms with E-state index in [4.69, 9.17) is 9.47 Å². The van der Waals surface area contributed by atoms with Crippen molar-refractivity contribution in [3.63, 3.8) is 0 Å². The van der Waals surface area contributed by atoms with Gasteiger partial charge in [-0.25, -0.2) is 0 Å². The van der Waals surface area contributed by atoms with Gasteiger partial charge in [0.05, 0.1) is 13.7 Å². The van der Waals surface area contributed by atoms with Crippen molar-refractivity contribution >= 4 is 36.5 Å². The predicted molar refractivity (Wildman–Crippen MR) is 246 cm³/mol. The maximum Gasteiger partial charge on any atom is 0.127 e. The maximum absolute atomic E-state index is 6.55. The molecule has 0 aliphatic heterocycles. The van der Waals surface area contributed by atoms with Crippen LogP contribution in [0.2, 0.25) is 0 Å². The first-order valence-corrected chi connectivity index (χ1v) is 20.6. The van der Waals surface area contributed by atoms with E-state index < -0.39 is 0 Å². The van der Waals surface area contributed by atoms with Crippen LogP contribution in [0.4, 0.5) is 0 Å². The summed E-state index contributed by atoms with van der Waals surface area (Å²) in [6.45, 7) is 9.78. The van der Waals surface area contributed by atoms with Gasteiger partial charge in [0.25, 0.3) is 0 Å². The van der Waals surface area contributed by atoms with E-state index in [0.717, 1.165) is 46.1 Å². The van der Waals surface area contributed by atoms with E-state index in [0.29, 0.717) is 12.5 Å². The Labute approximate surface area is 342 Å². The van der Waals surface area contributed by atoms with Crippen LogP contribution >= 0.6 is 0 Å². The fourth-order valence-electron chi connectivity index (χ4n) is 7.17. The monoisotopic (exact) mass is 750 g/mol. The van der Waals surface area contributed by atoms with Gasteiger partial charge < -0.3 is 9.47 Å². The first kappa shape index (κ1) is 40.8. The zero-order chi connectivity index (χ0) is 39.8. The van der Waals surface area contributed by atoms with Crippen LogP contribution in [0.15, 0.2) is 146 Å². The van der Waals surface area contributed by atoms with Crippen molar-refractivity contribution in [1.29, 1.82) is 0 Å². The molecule has 6 rings (SSSR count). The van der Waals surface area contributed by atoms with E-state index in [9.17, 15) is 0 Å². The first-order valence-electron chi connectivity index (χ1n) is 20.6. The lowest BCUT2D eigenvalue weighted by Crippen LogP contribution is -2.06. The van der Waals surface area contributed by atoms with Crippen LogP contribution in [0.1, 0.15) is 108 Å². The lowest BCUT2D eigenvalue weighted by Gasteiger charge is -2.20. The van der Waals surface area contributed by atoms with Crippen LogP contribution in [-0.4, -0.2) is 13.7 Å². The molecule has 0 spiro atoms. The number of hydrogen-bond donors (Lipinski definition) is 0. The Balaban J connectivity index is 1.23. The number of rotatable bonds is 18. The highest BCUT2D eigenvalue weighted by molar-refractivity contribution is 5.79. The largest absolute Gasteiger partial charge is 0.496 e. The Morgan fingerprint density at radius 2 is 0.912 bits per heavy atom. The third-order valence-electron chi connectivity index (χ3n) is 10.6. The summed E-state index contributed by atoms with van der Waals surface area (Å²) in [6.07, 6.45) is 17.7. The third-order valence-corrected chi connectivity index (χ3v) is 10.6. The van der Waals surface area contributed by atoms with Gasteiger partial charge >= 0.3 is 0 Å². The first-order chi connectivity index (χ1) is 27.8. The summed E-state index contributed by atoms with van der Waals surface area (Å²) in [5.74, 6) is 3.18. The molecule has 290 valence electrons. The van der Waals surface area contributed by atoms with Gasteiger partial charge in [0.15, 0.2) is 0 Å². The molecular weight excluding hydrogens is 693 g/mol. The molecule has 0 saturated heterocycles. The van der Waals surface area contributed by atoms with Crippen molar-refractivity contribution < 1.29 is 9.47 Å². The van der Waals surface area contributed by atoms with Gasteiger partial charge in [-0.15, -0.1) is 0 Å². The molecule has 0 radical (unpaired) electrons. The van der Waals surface area contributed by atoms with Gasteiger partial charge in [-0.1, -0.05) is 216 Å². The summed E-state index contributed by atoms with van der Waals surface area (Å²) >= 11 is 0. The highest BCUT2D eigenvalue weighted by Gasteiger charge is 2.17. The molecule has 0 aliphatic carbocycles. The minimum Gasteiger partial charge on any atom is -0.496 e. The number of methoxy groups -OCH3 is 1. The van der Waals surface area contributed by atoms with Crippen molar-refractivity contribution in [2.24, 2.45) is 11.8 Å². The fraction of sp³-hybridized carbons (Fsp3) is 0.236. The number of benzene rings is 6. The van der Waals surface area contributed by atoms with Gasteiger partial charge in [-0.05, 0) is 76.3 Å². The Kier molecular flexibility index (Phi) is 14.9. The Morgan fingerprint density at radius 1 is 0.474 bits per heavy atom. The SMILES string of the molecule is COc1cc(C=Cc2ccccc2)c(OCCC(C)CCCC(C)C)cc1C=Cc1ccc(C(c2ccc(C)cc2)c2ccc(C=Cc3ccccc3)cc2)cc1. The summed E-state index contributed by atoms with van der Waals surface area (Å²) in [5.41, 5.74) is 11.7.